The van der Waals surface area contributed by atoms with Crippen molar-refractivity contribution in [1.82, 2.24) is 0 Å². The lowest BCUT2D eigenvalue weighted by atomic mass is 10.1. The molecule has 0 bridgehead atoms. The van der Waals surface area contributed by atoms with Crippen molar-refractivity contribution in [2.75, 3.05) is 10.3 Å². The van der Waals surface area contributed by atoms with Gasteiger partial charge in [-0.15, -0.1) is 0 Å². The summed E-state index contributed by atoms with van der Waals surface area (Å²) in [5.74, 6) is -2.13. The van der Waals surface area contributed by atoms with Gasteiger partial charge in [0.05, 0.1) is 5.69 Å². The highest BCUT2D eigenvalue weighted by Gasteiger charge is 2.28. The van der Waals surface area contributed by atoms with E-state index in [1.54, 1.807) is 18.2 Å². The maximum Gasteiger partial charge on any atom is 0.355 e. The van der Waals surface area contributed by atoms with Crippen LogP contribution in [0.5, 0.6) is 0 Å². The molecular weight excluding hydrogens is 400 g/mol. The average Bonchev–Trinajstić information content (AvgIpc) is 2.74. The predicted octanol–water partition coefficient (Wildman–Crippen LogP) is 2.15. The van der Waals surface area contributed by atoms with E-state index < -0.39 is 23.9 Å². The Labute approximate surface area is 178 Å². The van der Waals surface area contributed by atoms with Gasteiger partial charge in [0.1, 0.15) is 5.71 Å². The molecule has 9 nitrogen and oxygen atoms in total. The van der Waals surface area contributed by atoms with Crippen molar-refractivity contribution in [2.45, 2.75) is 32.8 Å². The lowest BCUT2D eigenvalue weighted by Crippen LogP contribution is -2.37. The van der Waals surface area contributed by atoms with E-state index in [2.05, 4.69) is 10.4 Å². The smallest absolute Gasteiger partial charge is 0.355 e. The van der Waals surface area contributed by atoms with Gasteiger partial charge < -0.3 is 15.8 Å². The van der Waals surface area contributed by atoms with Crippen molar-refractivity contribution in [3.05, 3.63) is 59.7 Å². The van der Waals surface area contributed by atoms with Gasteiger partial charge in [-0.3, -0.25) is 14.4 Å². The second-order valence-electron chi connectivity index (χ2n) is 7.07. The summed E-state index contributed by atoms with van der Waals surface area (Å²) in [6.45, 7) is 3.32. The molecule has 160 valence electrons. The molecule has 31 heavy (non-hydrogen) atoms. The molecule has 0 fully saturated rings. The minimum Gasteiger partial charge on any atom is -0.448 e. The molecule has 3 amide bonds. The van der Waals surface area contributed by atoms with Crippen LogP contribution in [0.25, 0.3) is 0 Å². The summed E-state index contributed by atoms with van der Waals surface area (Å²) in [7, 11) is 0. The topological polar surface area (TPSA) is 131 Å². The minimum absolute atomic E-state index is 0.0616. The van der Waals surface area contributed by atoms with Crippen LogP contribution in [0.3, 0.4) is 0 Å². The third-order valence-corrected chi connectivity index (χ3v) is 4.60. The van der Waals surface area contributed by atoms with Crippen LogP contribution in [0.1, 0.15) is 35.7 Å². The number of nitrogens with one attached hydrogen (secondary N) is 1. The standard InChI is InChI=1S/C22H22N4O5/c1-13-4-3-5-17(12-13)26-19(27)11-10-18(25-26)22(30)31-14(2)21(29)24-16-8-6-15(7-9-16)20(23)28/h3-9,12,14H,10-11H2,1-2H3,(H2,23,28)(H,24,29)/t14-/m0/s1. The number of aryl methyl sites for hydroxylation is 1. The normalized spacial score (nSPS) is 14.5. The Kier molecular flexibility index (Phi) is 6.44. The largest absolute Gasteiger partial charge is 0.448 e. The number of rotatable bonds is 6. The molecule has 9 heteroatoms. The number of hydrazone groups is 1. The number of esters is 1. The van der Waals surface area contributed by atoms with Gasteiger partial charge in [-0.2, -0.15) is 5.10 Å². The molecule has 1 heterocycles. The molecule has 2 aromatic rings. The number of primary amides is 1. The van der Waals surface area contributed by atoms with E-state index in [-0.39, 0.29) is 24.5 Å². The summed E-state index contributed by atoms with van der Waals surface area (Å²) < 4.78 is 5.24. The summed E-state index contributed by atoms with van der Waals surface area (Å²) in [6, 6.07) is 13.2. The van der Waals surface area contributed by atoms with Gasteiger partial charge in [-0.05, 0) is 55.8 Å². The number of carbonyl (C=O) groups excluding carboxylic acids is 4. The van der Waals surface area contributed by atoms with Crippen molar-refractivity contribution in [3.63, 3.8) is 0 Å². The molecule has 0 unspecified atom stereocenters. The van der Waals surface area contributed by atoms with Gasteiger partial charge >= 0.3 is 5.97 Å². The monoisotopic (exact) mass is 422 g/mol. The van der Waals surface area contributed by atoms with Crippen molar-refractivity contribution < 1.29 is 23.9 Å². The number of amides is 3. The lowest BCUT2D eigenvalue weighted by molar-refractivity contribution is -0.146. The van der Waals surface area contributed by atoms with E-state index in [1.807, 2.05) is 13.0 Å². The number of hydrogen-bond donors (Lipinski definition) is 2. The van der Waals surface area contributed by atoms with Crippen molar-refractivity contribution in [2.24, 2.45) is 10.8 Å². The number of carbonyl (C=O) groups is 4. The fourth-order valence-corrected chi connectivity index (χ4v) is 2.91. The number of hydrogen-bond acceptors (Lipinski definition) is 6. The van der Waals surface area contributed by atoms with Gasteiger partial charge in [-0.25, -0.2) is 9.80 Å². The Hall–Kier alpha value is -4.01. The van der Waals surface area contributed by atoms with Crippen LogP contribution >= 0.6 is 0 Å². The van der Waals surface area contributed by atoms with E-state index >= 15 is 0 Å². The highest BCUT2D eigenvalue weighted by atomic mass is 16.5. The maximum absolute atomic E-state index is 12.5. The lowest BCUT2D eigenvalue weighted by Gasteiger charge is -2.23. The highest BCUT2D eigenvalue weighted by molar-refractivity contribution is 6.38. The predicted molar refractivity (Wildman–Crippen MR) is 114 cm³/mol. The molecule has 2 aromatic carbocycles. The Morgan fingerprint density at radius 2 is 1.84 bits per heavy atom. The fourth-order valence-electron chi connectivity index (χ4n) is 2.91. The van der Waals surface area contributed by atoms with Crippen molar-refractivity contribution in [3.8, 4) is 0 Å². The Morgan fingerprint density at radius 1 is 1.13 bits per heavy atom. The number of anilines is 2. The highest BCUT2D eigenvalue weighted by Crippen LogP contribution is 2.21. The first-order valence-corrected chi connectivity index (χ1v) is 9.63. The molecule has 1 atom stereocenters. The Bertz CT molecular complexity index is 1060. The number of nitrogens with zero attached hydrogens (tertiary/aromatic N) is 2. The first kappa shape index (κ1) is 21.7. The minimum atomic E-state index is -1.10. The second-order valence-corrected chi connectivity index (χ2v) is 7.07. The molecule has 3 rings (SSSR count). The Balaban J connectivity index is 1.65. The third-order valence-electron chi connectivity index (χ3n) is 4.60. The van der Waals surface area contributed by atoms with E-state index in [0.29, 0.717) is 16.9 Å². The summed E-state index contributed by atoms with van der Waals surface area (Å²) >= 11 is 0. The van der Waals surface area contributed by atoms with Crippen LogP contribution in [-0.2, 0) is 19.1 Å². The number of nitrogens with two attached hydrogens (primary N) is 1. The van der Waals surface area contributed by atoms with Crippen molar-refractivity contribution >= 4 is 40.8 Å². The second kappa shape index (κ2) is 9.21. The number of ether oxygens (including phenoxy) is 1. The third kappa shape index (κ3) is 5.33. The van der Waals surface area contributed by atoms with Crippen LogP contribution in [0.2, 0.25) is 0 Å². The molecule has 1 aliphatic heterocycles. The zero-order valence-corrected chi connectivity index (χ0v) is 17.1. The fraction of sp³-hybridized carbons (Fsp3) is 0.227. The van der Waals surface area contributed by atoms with Crippen LogP contribution in [-0.4, -0.2) is 35.5 Å². The first-order valence-electron chi connectivity index (χ1n) is 9.63. The molecule has 0 aromatic heterocycles. The summed E-state index contributed by atoms with van der Waals surface area (Å²) in [6.07, 6.45) is -0.867. The molecule has 0 saturated heterocycles. The van der Waals surface area contributed by atoms with E-state index in [1.165, 1.54) is 36.2 Å². The van der Waals surface area contributed by atoms with Gasteiger partial charge in [0.25, 0.3) is 5.91 Å². The van der Waals surface area contributed by atoms with Gasteiger partial charge in [0, 0.05) is 24.1 Å². The van der Waals surface area contributed by atoms with Crippen molar-refractivity contribution in [1.29, 1.82) is 0 Å². The first-order chi connectivity index (χ1) is 14.7. The van der Waals surface area contributed by atoms with Crippen LogP contribution in [0.15, 0.2) is 53.6 Å². The molecule has 0 saturated carbocycles. The van der Waals surface area contributed by atoms with Gasteiger partial charge in [-0.1, -0.05) is 12.1 Å². The van der Waals surface area contributed by atoms with E-state index in [4.69, 9.17) is 10.5 Å². The molecule has 1 aliphatic rings. The van der Waals surface area contributed by atoms with Crippen LogP contribution in [0.4, 0.5) is 11.4 Å². The molecule has 0 spiro atoms. The molecule has 3 N–H and O–H groups in total. The van der Waals surface area contributed by atoms with Gasteiger partial charge in [0.2, 0.25) is 11.8 Å². The van der Waals surface area contributed by atoms with E-state index in [0.717, 1.165) is 5.56 Å². The molecule has 0 aliphatic carbocycles. The quantitative estimate of drug-likeness (QED) is 0.689. The number of benzene rings is 2. The zero-order valence-electron chi connectivity index (χ0n) is 17.1. The zero-order chi connectivity index (χ0) is 22.5. The van der Waals surface area contributed by atoms with Gasteiger partial charge in [0.15, 0.2) is 6.10 Å². The molecular formula is C22H22N4O5. The Morgan fingerprint density at radius 3 is 2.48 bits per heavy atom. The SMILES string of the molecule is Cc1cccc(N2N=C(C(=O)O[C@@H](C)C(=O)Nc3ccc(C(N)=O)cc3)CCC2=O)c1. The average molecular weight is 422 g/mol. The summed E-state index contributed by atoms with van der Waals surface area (Å²) in [4.78, 5) is 48.2. The summed E-state index contributed by atoms with van der Waals surface area (Å²) in [5, 5.41) is 7.92. The van der Waals surface area contributed by atoms with Crippen LogP contribution in [0, 0.1) is 6.92 Å². The van der Waals surface area contributed by atoms with E-state index in [9.17, 15) is 19.2 Å². The summed E-state index contributed by atoms with van der Waals surface area (Å²) in [5.41, 5.74) is 7.47. The maximum atomic E-state index is 12.5. The van der Waals surface area contributed by atoms with Crippen LogP contribution < -0.4 is 16.1 Å². The molecule has 0 radical (unpaired) electrons.